The Balaban J connectivity index is 1.54. The molecule has 0 bridgehead atoms. The summed E-state index contributed by atoms with van der Waals surface area (Å²) in [7, 11) is 0. The molecule has 41 heavy (non-hydrogen) atoms. The molecule has 204 valence electrons. The van der Waals surface area contributed by atoms with E-state index in [2.05, 4.69) is 24.3 Å². The van der Waals surface area contributed by atoms with Crippen molar-refractivity contribution in [2.24, 2.45) is 0 Å². The van der Waals surface area contributed by atoms with Gasteiger partial charge in [-0.05, 0) is 91.9 Å². The molecule has 0 saturated heterocycles. The lowest BCUT2D eigenvalue weighted by Crippen LogP contribution is -2.15. The first-order valence-electron chi connectivity index (χ1n) is 13.6. The predicted molar refractivity (Wildman–Crippen MR) is 163 cm³/mol. The summed E-state index contributed by atoms with van der Waals surface area (Å²) in [5.74, 6) is -0.622. The van der Waals surface area contributed by atoms with Crippen molar-refractivity contribution in [2.75, 3.05) is 0 Å². The van der Waals surface area contributed by atoms with Gasteiger partial charge in [0.15, 0.2) is 0 Å². The normalized spacial score (nSPS) is 13.3. The van der Waals surface area contributed by atoms with Crippen LogP contribution in [0, 0.1) is 27.7 Å². The fraction of sp³-hybridized carbons (Fsp3) is 0.167. The first-order valence-corrected chi connectivity index (χ1v) is 14.0. The van der Waals surface area contributed by atoms with Gasteiger partial charge in [0, 0.05) is 27.4 Å². The van der Waals surface area contributed by atoms with Crippen LogP contribution >= 0.6 is 11.6 Å². The number of aromatic nitrogens is 1. The Bertz CT molecular complexity index is 1940. The Morgan fingerprint density at radius 1 is 0.610 bits per heavy atom. The molecule has 0 unspecified atom stereocenters. The van der Waals surface area contributed by atoms with Crippen LogP contribution in [0.4, 0.5) is 13.2 Å². The lowest BCUT2D eigenvalue weighted by molar-refractivity contribution is -0.138. The van der Waals surface area contributed by atoms with E-state index < -0.39 is 17.7 Å². The van der Waals surface area contributed by atoms with Crippen molar-refractivity contribution in [1.82, 2.24) is 4.57 Å². The Morgan fingerprint density at radius 3 is 1.56 bits per heavy atom. The fourth-order valence-electron chi connectivity index (χ4n) is 6.58. The van der Waals surface area contributed by atoms with Crippen LogP contribution in [0.2, 0.25) is 5.02 Å². The van der Waals surface area contributed by atoms with Gasteiger partial charge in [0.25, 0.3) is 0 Å². The van der Waals surface area contributed by atoms with Crippen molar-refractivity contribution in [2.45, 2.75) is 39.8 Å². The molecule has 6 aromatic rings. The molecule has 1 heterocycles. The van der Waals surface area contributed by atoms with Gasteiger partial charge in [0.2, 0.25) is 0 Å². The number of benzene rings is 5. The second-order valence-electron chi connectivity index (χ2n) is 11.4. The summed E-state index contributed by atoms with van der Waals surface area (Å²) in [5.41, 5.74) is 9.40. The van der Waals surface area contributed by atoms with Crippen LogP contribution < -0.4 is 0 Å². The lowest BCUT2D eigenvalue weighted by Gasteiger charge is -2.23. The topological polar surface area (TPSA) is 4.93 Å². The van der Waals surface area contributed by atoms with E-state index in [0.29, 0.717) is 5.69 Å². The van der Waals surface area contributed by atoms with Crippen LogP contribution in [-0.2, 0) is 6.18 Å². The number of alkyl halides is 3. The van der Waals surface area contributed by atoms with Crippen LogP contribution in [0.15, 0.2) is 84.9 Å². The highest BCUT2D eigenvalue weighted by Crippen LogP contribution is 2.53. The molecule has 5 heteroatoms. The van der Waals surface area contributed by atoms with Gasteiger partial charge in [-0.3, -0.25) is 0 Å². The van der Waals surface area contributed by atoms with Crippen molar-refractivity contribution in [3.05, 3.63) is 134 Å². The van der Waals surface area contributed by atoms with Crippen LogP contribution in [0.5, 0.6) is 0 Å². The van der Waals surface area contributed by atoms with Crippen LogP contribution in [0.25, 0.3) is 38.6 Å². The standard InChI is InChI=1S/C36H27ClF3N/c1-19-5-9-24-26(13-19)27-14-20(2)6-10-25(27)34(24)35-30(36(38,39)40)17-23(18-31(35)37)41-32-11-7-21(3)15-28(32)29-16-22(4)8-12-33(29)41/h5-18,34H,1-4H3. The molecule has 0 aliphatic heterocycles. The molecule has 1 aromatic heterocycles. The van der Waals surface area contributed by atoms with Gasteiger partial charge in [-0.25, -0.2) is 0 Å². The highest BCUT2D eigenvalue weighted by atomic mass is 35.5. The van der Waals surface area contributed by atoms with E-state index in [0.717, 1.165) is 66.3 Å². The Kier molecular flexibility index (Phi) is 5.68. The zero-order valence-corrected chi connectivity index (χ0v) is 23.9. The third-order valence-electron chi connectivity index (χ3n) is 8.37. The van der Waals surface area contributed by atoms with Crippen molar-refractivity contribution in [3.8, 4) is 16.8 Å². The molecule has 0 spiro atoms. The van der Waals surface area contributed by atoms with E-state index in [1.165, 1.54) is 6.07 Å². The van der Waals surface area contributed by atoms with Gasteiger partial charge in [-0.2, -0.15) is 13.2 Å². The molecule has 5 aromatic carbocycles. The summed E-state index contributed by atoms with van der Waals surface area (Å²) in [6, 6.07) is 27.0. The maximum Gasteiger partial charge on any atom is 0.416 e. The Hall–Kier alpha value is -4.02. The highest BCUT2D eigenvalue weighted by Gasteiger charge is 2.41. The average Bonchev–Trinajstić information content (AvgIpc) is 3.39. The number of nitrogens with zero attached hydrogens (tertiary/aromatic N) is 1. The minimum absolute atomic E-state index is 0.100. The quantitative estimate of drug-likeness (QED) is 0.196. The molecule has 0 N–H and O–H groups in total. The van der Waals surface area contributed by atoms with Gasteiger partial charge >= 0.3 is 6.18 Å². The second-order valence-corrected chi connectivity index (χ2v) is 11.8. The Morgan fingerprint density at radius 2 is 1.07 bits per heavy atom. The molecule has 0 atom stereocenters. The van der Waals surface area contributed by atoms with Gasteiger partial charge in [0.1, 0.15) is 0 Å². The molecule has 7 rings (SSSR count). The number of aryl methyl sites for hydroxylation is 4. The summed E-state index contributed by atoms with van der Waals surface area (Å²) >= 11 is 6.97. The molecule has 1 nitrogen and oxygen atoms in total. The maximum absolute atomic E-state index is 15.0. The third kappa shape index (κ3) is 3.99. The number of hydrogen-bond acceptors (Lipinski definition) is 0. The van der Waals surface area contributed by atoms with Crippen LogP contribution in [-0.4, -0.2) is 4.57 Å². The van der Waals surface area contributed by atoms with E-state index in [-0.39, 0.29) is 10.6 Å². The summed E-state index contributed by atoms with van der Waals surface area (Å²) in [6.07, 6.45) is -4.61. The first kappa shape index (κ1) is 25.9. The van der Waals surface area contributed by atoms with Crippen LogP contribution in [0.3, 0.4) is 0 Å². The summed E-state index contributed by atoms with van der Waals surface area (Å²) in [6.45, 7) is 8.04. The largest absolute Gasteiger partial charge is 0.416 e. The number of fused-ring (bicyclic) bond motifs is 6. The van der Waals surface area contributed by atoms with Crippen LogP contribution in [0.1, 0.15) is 50.4 Å². The number of rotatable bonds is 2. The van der Waals surface area contributed by atoms with E-state index in [9.17, 15) is 0 Å². The zero-order valence-electron chi connectivity index (χ0n) is 23.1. The second kappa shape index (κ2) is 8.99. The van der Waals surface area contributed by atoms with Crippen molar-refractivity contribution < 1.29 is 13.2 Å². The highest BCUT2D eigenvalue weighted by molar-refractivity contribution is 6.32. The SMILES string of the molecule is Cc1ccc2c(c1)-c1cc(C)ccc1C2c1c(Cl)cc(-n2c3ccc(C)cc3c3cc(C)ccc32)cc1C(F)(F)F. The average molecular weight is 566 g/mol. The summed E-state index contributed by atoms with van der Waals surface area (Å²) < 4.78 is 47.0. The minimum Gasteiger partial charge on any atom is -0.309 e. The zero-order chi connectivity index (χ0) is 28.8. The molecule has 0 saturated carbocycles. The summed E-state index contributed by atoms with van der Waals surface area (Å²) in [5, 5.41) is 2.11. The number of hydrogen-bond donors (Lipinski definition) is 0. The summed E-state index contributed by atoms with van der Waals surface area (Å²) in [4.78, 5) is 0. The fourth-order valence-corrected chi connectivity index (χ4v) is 6.90. The monoisotopic (exact) mass is 565 g/mol. The molecule has 0 amide bonds. The predicted octanol–water partition coefficient (Wildman–Crippen LogP) is 10.9. The minimum atomic E-state index is -4.61. The van der Waals surface area contributed by atoms with Crippen molar-refractivity contribution in [3.63, 3.8) is 0 Å². The van der Waals surface area contributed by atoms with Crippen molar-refractivity contribution >= 4 is 33.4 Å². The van der Waals surface area contributed by atoms with Gasteiger partial charge in [0.05, 0.1) is 16.6 Å². The molecule has 1 aliphatic carbocycles. The Labute approximate surface area is 241 Å². The number of halogens is 4. The smallest absolute Gasteiger partial charge is 0.309 e. The third-order valence-corrected chi connectivity index (χ3v) is 8.69. The van der Waals surface area contributed by atoms with E-state index in [4.69, 9.17) is 11.6 Å². The van der Waals surface area contributed by atoms with Gasteiger partial charge in [-0.1, -0.05) is 82.4 Å². The van der Waals surface area contributed by atoms with E-state index in [1.807, 2.05) is 80.8 Å². The van der Waals surface area contributed by atoms with Gasteiger partial charge < -0.3 is 4.57 Å². The molecular weight excluding hydrogens is 539 g/mol. The van der Waals surface area contributed by atoms with Crippen molar-refractivity contribution in [1.29, 1.82) is 0 Å². The molecule has 1 aliphatic rings. The van der Waals surface area contributed by atoms with E-state index >= 15 is 13.2 Å². The maximum atomic E-state index is 15.0. The van der Waals surface area contributed by atoms with E-state index in [1.54, 1.807) is 6.07 Å². The molecule has 0 fully saturated rings. The molecular formula is C36H27ClF3N. The van der Waals surface area contributed by atoms with Gasteiger partial charge in [-0.15, -0.1) is 0 Å². The lowest BCUT2D eigenvalue weighted by atomic mass is 9.85. The molecule has 0 radical (unpaired) electrons. The first-order chi connectivity index (χ1) is 19.5.